The molecule has 1 aliphatic heterocycles. The minimum absolute atomic E-state index is 0.859. The number of piperazine rings is 1. The molecule has 1 aromatic carbocycles. The molecule has 0 saturated carbocycles. The molecule has 2 nitrogen and oxygen atoms in total. The van der Waals surface area contributed by atoms with E-state index in [1.54, 1.807) is 4.90 Å². The number of hydrogen-bond donors (Lipinski definition) is 1. The second-order valence-corrected chi connectivity index (χ2v) is 8.03. The average Bonchev–Trinajstić information content (AvgIpc) is 2.86. The third-order valence-electron chi connectivity index (χ3n) is 3.72. The highest BCUT2D eigenvalue weighted by Crippen LogP contribution is 2.25. The van der Waals surface area contributed by atoms with Gasteiger partial charge in [0.05, 0.1) is 45.6 Å². The molecule has 0 atom stereocenters. The molecule has 0 radical (unpaired) electrons. The molecule has 5 heteroatoms. The van der Waals surface area contributed by atoms with Crippen molar-refractivity contribution in [1.82, 2.24) is 0 Å². The number of rotatable bonds is 3. The van der Waals surface area contributed by atoms with Gasteiger partial charge in [0.25, 0.3) is 0 Å². The van der Waals surface area contributed by atoms with Crippen LogP contribution in [-0.4, -0.2) is 26.2 Å². The van der Waals surface area contributed by atoms with Crippen molar-refractivity contribution >= 4 is 44.6 Å². The van der Waals surface area contributed by atoms with Crippen LogP contribution >= 0.6 is 38.9 Å². The lowest BCUT2D eigenvalue weighted by Gasteiger charge is -2.33. The van der Waals surface area contributed by atoms with Crippen LogP contribution in [0.3, 0.4) is 0 Å². The molecule has 0 unspecified atom stereocenters. The number of halogens is 2. The van der Waals surface area contributed by atoms with E-state index in [2.05, 4.69) is 45.1 Å². The monoisotopic (exact) mass is 371 g/mol. The van der Waals surface area contributed by atoms with Crippen LogP contribution in [-0.2, 0) is 6.54 Å². The summed E-state index contributed by atoms with van der Waals surface area (Å²) in [5.41, 5.74) is 1.17. The summed E-state index contributed by atoms with van der Waals surface area (Å²) < 4.78 is 1.22. The van der Waals surface area contributed by atoms with E-state index in [0.29, 0.717) is 0 Å². The largest absolute Gasteiger partial charge is 0.359 e. The third kappa shape index (κ3) is 3.37. The SMILES string of the molecule is Clc1ccccc1N1CC[NH+](Cc2ccc(Br)s2)CC1. The number of nitrogens with one attached hydrogen (secondary N) is 1. The average molecular weight is 373 g/mol. The molecule has 0 spiro atoms. The maximum absolute atomic E-state index is 6.27. The number of benzene rings is 1. The van der Waals surface area contributed by atoms with E-state index in [-0.39, 0.29) is 0 Å². The molecule has 1 aliphatic rings. The zero-order valence-electron chi connectivity index (χ0n) is 11.1. The summed E-state index contributed by atoms with van der Waals surface area (Å²) in [6.07, 6.45) is 0. The predicted octanol–water partition coefficient (Wildman–Crippen LogP) is 3.07. The van der Waals surface area contributed by atoms with Gasteiger partial charge in [-0.3, -0.25) is 0 Å². The molecule has 20 heavy (non-hydrogen) atoms. The van der Waals surface area contributed by atoms with Gasteiger partial charge < -0.3 is 9.80 Å². The van der Waals surface area contributed by atoms with Gasteiger partial charge in [0, 0.05) is 0 Å². The van der Waals surface area contributed by atoms with Crippen molar-refractivity contribution in [3.05, 3.63) is 50.1 Å². The van der Waals surface area contributed by atoms with E-state index in [0.717, 1.165) is 24.7 Å². The molecule has 1 saturated heterocycles. The molecule has 0 aliphatic carbocycles. The summed E-state index contributed by atoms with van der Waals surface area (Å²) in [7, 11) is 0. The molecule has 1 aromatic heterocycles. The minimum Gasteiger partial charge on any atom is -0.359 e. The van der Waals surface area contributed by atoms with Crippen LogP contribution in [0.5, 0.6) is 0 Å². The van der Waals surface area contributed by atoms with Gasteiger partial charge in [0.2, 0.25) is 0 Å². The Labute approximate surface area is 137 Å². The van der Waals surface area contributed by atoms with E-state index in [1.807, 2.05) is 23.5 Å². The quantitative estimate of drug-likeness (QED) is 0.870. The van der Waals surface area contributed by atoms with E-state index in [1.165, 1.54) is 27.4 Å². The van der Waals surface area contributed by atoms with Crippen LogP contribution < -0.4 is 9.80 Å². The van der Waals surface area contributed by atoms with Crippen molar-refractivity contribution in [3.8, 4) is 0 Å². The van der Waals surface area contributed by atoms with Gasteiger partial charge in [0.1, 0.15) is 6.54 Å². The lowest BCUT2D eigenvalue weighted by molar-refractivity contribution is -0.914. The Hall–Kier alpha value is -0.550. The van der Waals surface area contributed by atoms with Gasteiger partial charge in [-0.05, 0) is 40.2 Å². The lowest BCUT2D eigenvalue weighted by atomic mass is 10.2. The molecule has 0 bridgehead atoms. The number of quaternary nitrogens is 1. The first kappa shape index (κ1) is 14.4. The Kier molecular flexibility index (Phi) is 4.66. The highest BCUT2D eigenvalue weighted by molar-refractivity contribution is 9.11. The number of nitrogens with zero attached hydrogens (tertiary/aromatic N) is 1. The number of hydrogen-bond acceptors (Lipinski definition) is 2. The Bertz CT molecular complexity index is 579. The topological polar surface area (TPSA) is 7.68 Å². The molecular formula is C15H17BrClN2S+. The van der Waals surface area contributed by atoms with Gasteiger partial charge in [-0.25, -0.2) is 0 Å². The molecule has 106 valence electrons. The Morgan fingerprint density at radius 3 is 2.55 bits per heavy atom. The fourth-order valence-electron chi connectivity index (χ4n) is 2.64. The van der Waals surface area contributed by atoms with Crippen molar-refractivity contribution < 1.29 is 4.90 Å². The second kappa shape index (κ2) is 6.48. The summed E-state index contributed by atoms with van der Waals surface area (Å²) in [6.45, 7) is 5.62. The lowest BCUT2D eigenvalue weighted by Crippen LogP contribution is -3.13. The zero-order valence-corrected chi connectivity index (χ0v) is 14.3. The molecule has 2 aromatic rings. The number of anilines is 1. The molecule has 1 fully saturated rings. The standard InChI is InChI=1S/C15H16BrClN2S/c16-15-6-5-12(20-15)11-18-7-9-19(10-8-18)14-4-2-1-3-13(14)17/h1-6H,7-11H2/p+1. The van der Waals surface area contributed by atoms with Crippen molar-refractivity contribution in [2.24, 2.45) is 0 Å². The van der Waals surface area contributed by atoms with Gasteiger partial charge in [0.15, 0.2) is 0 Å². The van der Waals surface area contributed by atoms with E-state index >= 15 is 0 Å². The van der Waals surface area contributed by atoms with Crippen LogP contribution in [0.1, 0.15) is 4.88 Å². The van der Waals surface area contributed by atoms with Crippen molar-refractivity contribution in [1.29, 1.82) is 0 Å². The summed E-state index contributed by atoms with van der Waals surface area (Å²) >= 11 is 11.6. The Balaban J connectivity index is 1.58. The molecular weight excluding hydrogens is 356 g/mol. The van der Waals surface area contributed by atoms with Crippen molar-refractivity contribution in [2.45, 2.75) is 6.54 Å². The van der Waals surface area contributed by atoms with Crippen molar-refractivity contribution in [2.75, 3.05) is 31.1 Å². The minimum atomic E-state index is 0.859. The second-order valence-electron chi connectivity index (χ2n) is 5.07. The fraction of sp³-hybridized carbons (Fsp3) is 0.333. The van der Waals surface area contributed by atoms with Gasteiger partial charge in [-0.2, -0.15) is 0 Å². The van der Waals surface area contributed by atoms with Crippen LogP contribution in [0.4, 0.5) is 5.69 Å². The molecule has 3 rings (SSSR count). The highest BCUT2D eigenvalue weighted by Gasteiger charge is 2.21. The molecule has 1 N–H and O–H groups in total. The Morgan fingerprint density at radius 1 is 1.15 bits per heavy atom. The van der Waals surface area contributed by atoms with Crippen molar-refractivity contribution in [3.63, 3.8) is 0 Å². The number of thiophene rings is 1. The maximum atomic E-state index is 6.27. The first-order valence-electron chi connectivity index (χ1n) is 6.79. The van der Waals surface area contributed by atoms with Crippen LogP contribution in [0.15, 0.2) is 40.2 Å². The van der Waals surface area contributed by atoms with Gasteiger partial charge >= 0.3 is 0 Å². The van der Waals surface area contributed by atoms with E-state index < -0.39 is 0 Å². The fourth-order valence-corrected chi connectivity index (χ4v) is 4.45. The summed E-state index contributed by atoms with van der Waals surface area (Å²) in [6, 6.07) is 12.5. The molecule has 0 amide bonds. The van der Waals surface area contributed by atoms with E-state index in [4.69, 9.17) is 11.6 Å². The third-order valence-corrected chi connectivity index (χ3v) is 5.66. The van der Waals surface area contributed by atoms with Crippen LogP contribution in [0.2, 0.25) is 5.02 Å². The maximum Gasteiger partial charge on any atom is 0.112 e. The van der Waals surface area contributed by atoms with Gasteiger partial charge in [-0.15, -0.1) is 11.3 Å². The molecule has 2 heterocycles. The summed E-state index contributed by atoms with van der Waals surface area (Å²) in [5.74, 6) is 0. The first-order valence-corrected chi connectivity index (χ1v) is 8.78. The Morgan fingerprint density at radius 2 is 1.90 bits per heavy atom. The summed E-state index contributed by atoms with van der Waals surface area (Å²) in [4.78, 5) is 5.51. The van der Waals surface area contributed by atoms with Crippen LogP contribution in [0, 0.1) is 0 Å². The summed E-state index contributed by atoms with van der Waals surface area (Å²) in [5, 5.41) is 0.859. The smallest absolute Gasteiger partial charge is 0.112 e. The van der Waals surface area contributed by atoms with E-state index in [9.17, 15) is 0 Å². The highest BCUT2D eigenvalue weighted by atomic mass is 79.9. The normalized spacial score (nSPS) is 16.6. The predicted molar refractivity (Wildman–Crippen MR) is 90.1 cm³/mol. The first-order chi connectivity index (χ1) is 9.72. The van der Waals surface area contributed by atoms with Gasteiger partial charge in [-0.1, -0.05) is 23.7 Å². The number of para-hydroxylation sites is 1. The van der Waals surface area contributed by atoms with Crippen LogP contribution in [0.25, 0.3) is 0 Å². The zero-order chi connectivity index (χ0) is 13.9.